The van der Waals surface area contributed by atoms with Crippen molar-refractivity contribution >= 4 is 0 Å². The van der Waals surface area contributed by atoms with Crippen LogP contribution < -0.4 is 0 Å². The Morgan fingerprint density at radius 3 is 1.92 bits per heavy atom. The second-order valence-corrected chi connectivity index (χ2v) is 3.30. The fourth-order valence-electron chi connectivity index (χ4n) is 0.908. The van der Waals surface area contributed by atoms with E-state index in [0.29, 0.717) is 0 Å². The molecule has 0 aliphatic rings. The third kappa shape index (κ3) is 5.80. The van der Waals surface area contributed by atoms with Crippen molar-refractivity contribution in [3.63, 3.8) is 0 Å². The minimum Gasteiger partial charge on any atom is -0.0813 e. The van der Waals surface area contributed by atoms with Gasteiger partial charge in [0, 0.05) is 21.7 Å². The van der Waals surface area contributed by atoms with Gasteiger partial charge in [-0.05, 0) is 39.7 Å². The monoisotopic (exact) mass is 200 g/mol. The standard InChI is InChI=1S/C11H20.Ti/c1-6-7-8-10(4)11(5)9(2)3;/h8H,6-7H2,1-5H3;. The smallest absolute Gasteiger partial charge is 0 e. The van der Waals surface area contributed by atoms with Crippen LogP contribution in [0.4, 0.5) is 0 Å². The minimum absolute atomic E-state index is 0. The average molecular weight is 200 g/mol. The molecule has 0 N–H and O–H groups in total. The zero-order valence-electron chi connectivity index (χ0n) is 8.99. The van der Waals surface area contributed by atoms with Crippen molar-refractivity contribution in [1.82, 2.24) is 0 Å². The van der Waals surface area contributed by atoms with Crippen LogP contribution in [-0.4, -0.2) is 0 Å². The van der Waals surface area contributed by atoms with E-state index in [4.69, 9.17) is 0 Å². The zero-order valence-corrected chi connectivity index (χ0v) is 10.6. The second-order valence-electron chi connectivity index (χ2n) is 3.30. The molecular formula is C11H20Ti. The first-order chi connectivity index (χ1) is 5.09. The maximum atomic E-state index is 2.32. The van der Waals surface area contributed by atoms with Crippen molar-refractivity contribution in [1.29, 1.82) is 0 Å². The Morgan fingerprint density at radius 1 is 1.08 bits per heavy atom. The van der Waals surface area contributed by atoms with Gasteiger partial charge in [0.15, 0.2) is 0 Å². The Balaban J connectivity index is 0. The normalized spacial score (nSPS) is 10.6. The Bertz CT molecular complexity index is 171. The summed E-state index contributed by atoms with van der Waals surface area (Å²) in [6, 6.07) is 0. The van der Waals surface area contributed by atoms with Gasteiger partial charge in [-0.2, -0.15) is 0 Å². The number of rotatable bonds is 3. The molecule has 0 aromatic carbocycles. The third-order valence-corrected chi connectivity index (χ3v) is 2.08. The fraction of sp³-hybridized carbons (Fsp3) is 0.636. The molecule has 0 saturated heterocycles. The number of hydrogen-bond donors (Lipinski definition) is 0. The van der Waals surface area contributed by atoms with Crippen LogP contribution in [0.1, 0.15) is 47.5 Å². The van der Waals surface area contributed by atoms with Crippen LogP contribution >= 0.6 is 0 Å². The molecule has 0 radical (unpaired) electrons. The predicted octanol–water partition coefficient (Wildman–Crippen LogP) is 4.09. The summed E-state index contributed by atoms with van der Waals surface area (Å²) < 4.78 is 0. The molecule has 1 heteroatoms. The molecule has 0 aromatic heterocycles. The predicted molar refractivity (Wildman–Crippen MR) is 52.7 cm³/mol. The maximum Gasteiger partial charge on any atom is 0 e. The summed E-state index contributed by atoms with van der Waals surface area (Å²) in [5.74, 6) is 0. The van der Waals surface area contributed by atoms with E-state index in [0.717, 1.165) is 0 Å². The first-order valence-corrected chi connectivity index (χ1v) is 4.40. The molecule has 0 rings (SSSR count). The summed E-state index contributed by atoms with van der Waals surface area (Å²) in [6.07, 6.45) is 4.77. The van der Waals surface area contributed by atoms with Crippen LogP contribution in [-0.2, 0) is 21.7 Å². The molecule has 0 nitrogen and oxygen atoms in total. The number of allylic oxidation sites excluding steroid dienone is 4. The number of hydrogen-bond acceptors (Lipinski definition) is 0. The van der Waals surface area contributed by atoms with Crippen LogP contribution in [0.3, 0.4) is 0 Å². The van der Waals surface area contributed by atoms with Gasteiger partial charge in [0.1, 0.15) is 0 Å². The van der Waals surface area contributed by atoms with Crippen molar-refractivity contribution in [2.75, 3.05) is 0 Å². The first-order valence-electron chi connectivity index (χ1n) is 4.40. The van der Waals surface area contributed by atoms with Crippen LogP contribution in [0.25, 0.3) is 0 Å². The molecule has 0 saturated carbocycles. The Kier molecular flexibility index (Phi) is 9.59. The third-order valence-electron chi connectivity index (χ3n) is 2.08. The molecule has 68 valence electrons. The van der Waals surface area contributed by atoms with Gasteiger partial charge in [-0.15, -0.1) is 0 Å². The van der Waals surface area contributed by atoms with E-state index >= 15 is 0 Å². The summed E-state index contributed by atoms with van der Waals surface area (Å²) in [5.41, 5.74) is 4.31. The molecule has 12 heavy (non-hydrogen) atoms. The molecular weight excluding hydrogens is 180 g/mol. The minimum atomic E-state index is 0. The summed E-state index contributed by atoms with van der Waals surface area (Å²) in [7, 11) is 0. The van der Waals surface area contributed by atoms with Gasteiger partial charge in [0.25, 0.3) is 0 Å². The Morgan fingerprint density at radius 2 is 1.58 bits per heavy atom. The summed E-state index contributed by atoms with van der Waals surface area (Å²) >= 11 is 0. The van der Waals surface area contributed by atoms with E-state index in [1.165, 1.54) is 29.6 Å². The Hall–Kier alpha value is 0.194. The Labute approximate surface area is 92.0 Å². The quantitative estimate of drug-likeness (QED) is 0.475. The van der Waals surface area contributed by atoms with Crippen LogP contribution in [0, 0.1) is 0 Å². The molecule has 0 unspecified atom stereocenters. The van der Waals surface area contributed by atoms with E-state index in [1.54, 1.807) is 0 Å². The fourth-order valence-corrected chi connectivity index (χ4v) is 0.908. The largest absolute Gasteiger partial charge is 0.0813 e. The van der Waals surface area contributed by atoms with Gasteiger partial charge in [0.05, 0.1) is 0 Å². The molecule has 0 spiro atoms. The molecule has 0 heterocycles. The second kappa shape index (κ2) is 7.82. The van der Waals surface area contributed by atoms with Crippen molar-refractivity contribution in [2.24, 2.45) is 0 Å². The van der Waals surface area contributed by atoms with Crippen molar-refractivity contribution in [2.45, 2.75) is 47.5 Å². The molecule has 0 aliphatic heterocycles. The van der Waals surface area contributed by atoms with Gasteiger partial charge in [-0.3, -0.25) is 0 Å². The van der Waals surface area contributed by atoms with Crippen LogP contribution in [0.15, 0.2) is 22.8 Å². The summed E-state index contributed by atoms with van der Waals surface area (Å²) in [4.78, 5) is 0. The SMILES string of the molecule is CCCC=C(C)C(C)=C(C)C.[Ti]. The van der Waals surface area contributed by atoms with E-state index in [2.05, 4.69) is 40.7 Å². The summed E-state index contributed by atoms with van der Waals surface area (Å²) in [6.45, 7) is 10.9. The molecule has 0 aromatic rings. The van der Waals surface area contributed by atoms with E-state index < -0.39 is 0 Å². The van der Waals surface area contributed by atoms with Gasteiger partial charge < -0.3 is 0 Å². The van der Waals surface area contributed by atoms with Gasteiger partial charge >= 0.3 is 0 Å². The van der Waals surface area contributed by atoms with Crippen molar-refractivity contribution in [3.05, 3.63) is 22.8 Å². The van der Waals surface area contributed by atoms with Gasteiger partial charge in [-0.1, -0.05) is 30.6 Å². The molecule has 0 atom stereocenters. The molecule has 0 bridgehead atoms. The van der Waals surface area contributed by atoms with Crippen molar-refractivity contribution in [3.8, 4) is 0 Å². The number of unbranched alkanes of at least 4 members (excludes halogenated alkanes) is 1. The van der Waals surface area contributed by atoms with E-state index in [9.17, 15) is 0 Å². The van der Waals surface area contributed by atoms with Gasteiger partial charge in [0.2, 0.25) is 0 Å². The molecule has 0 amide bonds. The average Bonchev–Trinajstić information content (AvgIpc) is 1.98. The summed E-state index contributed by atoms with van der Waals surface area (Å²) in [5, 5.41) is 0. The van der Waals surface area contributed by atoms with E-state index in [-0.39, 0.29) is 21.7 Å². The molecule has 0 aliphatic carbocycles. The van der Waals surface area contributed by atoms with Crippen LogP contribution in [0.5, 0.6) is 0 Å². The van der Waals surface area contributed by atoms with Crippen LogP contribution in [0.2, 0.25) is 0 Å². The topological polar surface area (TPSA) is 0 Å². The zero-order chi connectivity index (χ0) is 8.85. The molecule has 0 fully saturated rings. The van der Waals surface area contributed by atoms with E-state index in [1.807, 2.05) is 0 Å². The first kappa shape index (κ1) is 14.7. The maximum absolute atomic E-state index is 2.32. The van der Waals surface area contributed by atoms with Crippen molar-refractivity contribution < 1.29 is 21.7 Å². The van der Waals surface area contributed by atoms with Gasteiger partial charge in [-0.25, -0.2) is 0 Å².